The summed E-state index contributed by atoms with van der Waals surface area (Å²) in [6.45, 7) is 11.5. The van der Waals surface area contributed by atoms with Gasteiger partial charge >= 0.3 is 6.03 Å². The Kier molecular flexibility index (Phi) is 10.5. The predicted molar refractivity (Wildman–Crippen MR) is 131 cm³/mol. The molecule has 0 saturated carbocycles. The second-order valence-corrected chi connectivity index (χ2v) is 9.29. The summed E-state index contributed by atoms with van der Waals surface area (Å²) < 4.78 is 0. The maximum Gasteiger partial charge on any atom is 0.317 e. The highest BCUT2D eigenvalue weighted by molar-refractivity contribution is 6.35. The fraction of sp³-hybridized carbons (Fsp3) is 0.696. The van der Waals surface area contributed by atoms with Crippen molar-refractivity contribution in [1.29, 1.82) is 0 Å². The largest absolute Gasteiger partial charge is 0.365 e. The van der Waals surface area contributed by atoms with Crippen LogP contribution in [0.25, 0.3) is 0 Å². The van der Waals surface area contributed by atoms with E-state index in [1.807, 2.05) is 18.7 Å². The lowest BCUT2D eigenvalue weighted by Gasteiger charge is -2.40. The normalized spacial score (nSPS) is 16.1. The van der Waals surface area contributed by atoms with Crippen LogP contribution < -0.4 is 11.1 Å². The molecule has 1 aromatic heterocycles. The molecule has 0 radical (unpaired) electrons. The molecule has 2 rings (SSSR count). The minimum Gasteiger partial charge on any atom is -0.365 e. The van der Waals surface area contributed by atoms with Gasteiger partial charge in [0.25, 0.3) is 5.91 Å². The summed E-state index contributed by atoms with van der Waals surface area (Å²) in [5.74, 6) is -0.590. The number of aromatic nitrogens is 1. The lowest BCUT2D eigenvalue weighted by molar-refractivity contribution is 0.0973. The van der Waals surface area contributed by atoms with Gasteiger partial charge in [0, 0.05) is 38.3 Å². The first kappa shape index (κ1) is 26.7. The van der Waals surface area contributed by atoms with Gasteiger partial charge in [-0.2, -0.15) is 0 Å². The first-order chi connectivity index (χ1) is 15.2. The van der Waals surface area contributed by atoms with Crippen LogP contribution in [0.1, 0.15) is 74.4 Å². The van der Waals surface area contributed by atoms with Gasteiger partial charge in [0.15, 0.2) is 0 Å². The summed E-state index contributed by atoms with van der Waals surface area (Å²) >= 11 is 12.4. The molecule has 3 N–H and O–H groups in total. The molecule has 180 valence electrons. The molecule has 2 heterocycles. The first-order valence-electron chi connectivity index (χ1n) is 11.6. The number of piperidine rings is 1. The molecule has 0 unspecified atom stereocenters. The highest BCUT2D eigenvalue weighted by Crippen LogP contribution is 2.29. The van der Waals surface area contributed by atoms with E-state index < -0.39 is 5.91 Å². The van der Waals surface area contributed by atoms with Crippen LogP contribution in [0.15, 0.2) is 0 Å². The number of hydrogen-bond acceptors (Lipinski definition) is 4. The second-order valence-electron chi connectivity index (χ2n) is 8.57. The van der Waals surface area contributed by atoms with Crippen LogP contribution >= 0.6 is 23.2 Å². The number of primary amides is 1. The van der Waals surface area contributed by atoms with Crippen molar-refractivity contribution < 1.29 is 9.59 Å². The standard InChI is InChI=1S/C23H37Cl2N5O2/c1-5-7-12-30(23(32)27-6-2)17-10-13-29(14-11-17)15(3)8-9-18-16(4)19(22(26)31)21(25)28-20(18)24/h15,17H,5-14H2,1-4H3,(H2,26,31)(H,27,32)/t15-/m1/s1. The molecule has 9 heteroatoms. The number of nitrogens with zero attached hydrogens (tertiary/aromatic N) is 3. The molecule has 32 heavy (non-hydrogen) atoms. The topological polar surface area (TPSA) is 91.6 Å². The molecular formula is C23H37Cl2N5O2. The Hall–Kier alpha value is -1.57. The molecular weight excluding hydrogens is 449 g/mol. The van der Waals surface area contributed by atoms with Gasteiger partial charge in [-0.1, -0.05) is 36.5 Å². The molecule has 7 nitrogen and oxygen atoms in total. The van der Waals surface area contributed by atoms with Gasteiger partial charge in [-0.3, -0.25) is 4.79 Å². The van der Waals surface area contributed by atoms with Gasteiger partial charge in [-0.25, -0.2) is 9.78 Å². The SMILES string of the molecule is CCCCN(C(=O)NCC)C1CCN([C@H](C)CCc2c(Cl)nc(Cl)c(C(N)=O)c2C)CC1. The molecule has 1 aliphatic rings. The van der Waals surface area contributed by atoms with Crippen LogP contribution in [0.5, 0.6) is 0 Å². The molecule has 0 bridgehead atoms. The molecule has 0 aliphatic carbocycles. The number of unbranched alkanes of at least 4 members (excludes halogenated alkanes) is 1. The smallest absolute Gasteiger partial charge is 0.317 e. The average molecular weight is 486 g/mol. The Labute approximate surface area is 202 Å². The molecule has 0 spiro atoms. The monoisotopic (exact) mass is 485 g/mol. The highest BCUT2D eigenvalue weighted by Gasteiger charge is 2.29. The molecule has 0 aromatic carbocycles. The zero-order chi connectivity index (χ0) is 23.8. The minimum absolute atomic E-state index is 0.0538. The van der Waals surface area contributed by atoms with Crippen molar-refractivity contribution in [2.75, 3.05) is 26.2 Å². The van der Waals surface area contributed by atoms with Gasteiger partial charge in [0.1, 0.15) is 10.3 Å². The Morgan fingerprint density at radius 1 is 1.25 bits per heavy atom. The molecule has 1 saturated heterocycles. The number of rotatable bonds is 10. The van der Waals surface area contributed by atoms with Gasteiger partial charge < -0.3 is 20.9 Å². The van der Waals surface area contributed by atoms with Crippen molar-refractivity contribution in [3.63, 3.8) is 0 Å². The zero-order valence-electron chi connectivity index (χ0n) is 19.7. The van der Waals surface area contributed by atoms with Crippen molar-refractivity contribution >= 4 is 35.1 Å². The van der Waals surface area contributed by atoms with Crippen LogP contribution in [0.4, 0.5) is 4.79 Å². The van der Waals surface area contributed by atoms with E-state index in [9.17, 15) is 9.59 Å². The van der Waals surface area contributed by atoms with E-state index in [1.54, 1.807) is 0 Å². The molecule has 1 atom stereocenters. The average Bonchev–Trinajstić information content (AvgIpc) is 2.73. The third-order valence-electron chi connectivity index (χ3n) is 6.44. The van der Waals surface area contributed by atoms with Crippen molar-refractivity contribution in [1.82, 2.24) is 20.1 Å². The number of halogens is 2. The number of nitrogens with two attached hydrogens (primary N) is 1. The molecule has 1 aliphatic heterocycles. The number of carbonyl (C=O) groups is 2. The Morgan fingerprint density at radius 2 is 1.91 bits per heavy atom. The third-order valence-corrected chi connectivity index (χ3v) is 7.03. The molecule has 1 fully saturated rings. The van der Waals surface area contributed by atoms with E-state index in [2.05, 4.69) is 29.0 Å². The van der Waals surface area contributed by atoms with Crippen molar-refractivity contribution in [2.24, 2.45) is 5.73 Å². The van der Waals surface area contributed by atoms with Gasteiger partial charge in [0.2, 0.25) is 0 Å². The van der Waals surface area contributed by atoms with E-state index in [4.69, 9.17) is 28.9 Å². The first-order valence-corrected chi connectivity index (χ1v) is 12.4. The van der Waals surface area contributed by atoms with E-state index in [0.29, 0.717) is 29.7 Å². The van der Waals surface area contributed by atoms with E-state index in [0.717, 1.165) is 57.3 Å². The Bertz CT molecular complexity index is 797. The number of carbonyl (C=O) groups excluding carboxylic acids is 2. The maximum atomic E-state index is 12.5. The molecule has 3 amide bonds. The Balaban J connectivity index is 1.97. The fourth-order valence-corrected chi connectivity index (χ4v) is 5.14. The van der Waals surface area contributed by atoms with Gasteiger partial charge in [-0.05, 0) is 64.0 Å². The lowest BCUT2D eigenvalue weighted by Crippen LogP contribution is -2.52. The van der Waals surface area contributed by atoms with E-state index in [-0.39, 0.29) is 22.8 Å². The maximum absolute atomic E-state index is 12.5. The second kappa shape index (κ2) is 12.6. The Morgan fingerprint density at radius 3 is 2.47 bits per heavy atom. The summed E-state index contributed by atoms with van der Waals surface area (Å²) in [5, 5.41) is 3.35. The van der Waals surface area contributed by atoms with Crippen LogP contribution in [-0.2, 0) is 6.42 Å². The number of likely N-dealkylation sites (tertiary alicyclic amines) is 1. The summed E-state index contributed by atoms with van der Waals surface area (Å²) in [4.78, 5) is 32.9. The number of urea groups is 1. The lowest BCUT2D eigenvalue weighted by atomic mass is 9.97. The van der Waals surface area contributed by atoms with Crippen molar-refractivity contribution in [3.05, 3.63) is 27.0 Å². The van der Waals surface area contributed by atoms with Crippen molar-refractivity contribution in [2.45, 2.75) is 78.3 Å². The summed E-state index contributed by atoms with van der Waals surface area (Å²) in [7, 11) is 0. The van der Waals surface area contributed by atoms with Gasteiger partial charge in [0.05, 0.1) is 5.56 Å². The fourth-order valence-electron chi connectivity index (χ4n) is 4.45. The predicted octanol–water partition coefficient (Wildman–Crippen LogP) is 4.41. The minimum atomic E-state index is -0.590. The van der Waals surface area contributed by atoms with Crippen LogP contribution in [-0.4, -0.2) is 65.0 Å². The van der Waals surface area contributed by atoms with Crippen molar-refractivity contribution in [3.8, 4) is 0 Å². The zero-order valence-corrected chi connectivity index (χ0v) is 21.2. The number of amides is 3. The summed E-state index contributed by atoms with van der Waals surface area (Å²) in [5.41, 5.74) is 7.25. The number of hydrogen-bond donors (Lipinski definition) is 2. The quantitative estimate of drug-likeness (QED) is 0.479. The number of nitrogens with one attached hydrogen (secondary N) is 1. The number of pyridine rings is 1. The summed E-state index contributed by atoms with van der Waals surface area (Å²) in [6.07, 6.45) is 5.61. The van der Waals surface area contributed by atoms with E-state index in [1.165, 1.54) is 0 Å². The van der Waals surface area contributed by atoms with E-state index >= 15 is 0 Å². The summed E-state index contributed by atoms with van der Waals surface area (Å²) in [6, 6.07) is 0.678. The van der Waals surface area contributed by atoms with Crippen LogP contribution in [0.2, 0.25) is 10.3 Å². The van der Waals surface area contributed by atoms with Crippen LogP contribution in [0.3, 0.4) is 0 Å². The molecule has 1 aromatic rings. The third kappa shape index (κ3) is 6.72. The highest BCUT2D eigenvalue weighted by atomic mass is 35.5. The van der Waals surface area contributed by atoms with Gasteiger partial charge in [-0.15, -0.1) is 0 Å². The van der Waals surface area contributed by atoms with Crippen LogP contribution in [0, 0.1) is 6.92 Å².